The number of rotatable bonds is 6. The molecule has 1 atom stereocenters. The molecule has 2 aromatic heterocycles. The van der Waals surface area contributed by atoms with Gasteiger partial charge in [-0.1, -0.05) is 13.8 Å². The van der Waals surface area contributed by atoms with E-state index in [9.17, 15) is 4.79 Å². The van der Waals surface area contributed by atoms with Crippen LogP contribution in [0.4, 0.5) is 5.69 Å². The molecule has 0 spiro atoms. The lowest BCUT2D eigenvalue weighted by Gasteiger charge is -2.16. The van der Waals surface area contributed by atoms with Crippen LogP contribution in [0.2, 0.25) is 0 Å². The maximum Gasteiger partial charge on any atom is 0.241 e. The zero-order valence-corrected chi connectivity index (χ0v) is 15.2. The van der Waals surface area contributed by atoms with E-state index in [4.69, 9.17) is 10.5 Å². The minimum Gasteiger partial charge on any atom is -0.496 e. The molecule has 0 saturated carbocycles. The number of nitrogens with zero attached hydrogens (tertiary/aromatic N) is 1. The van der Waals surface area contributed by atoms with E-state index < -0.39 is 6.04 Å². The number of hydrogen-bond donors (Lipinski definition) is 3. The van der Waals surface area contributed by atoms with E-state index in [1.165, 1.54) is 0 Å². The van der Waals surface area contributed by atoms with Crippen LogP contribution in [-0.2, 0) is 4.79 Å². The Hall–Kier alpha value is -2.86. The van der Waals surface area contributed by atoms with Gasteiger partial charge in [0.2, 0.25) is 5.91 Å². The molecule has 3 aromatic rings. The van der Waals surface area contributed by atoms with Gasteiger partial charge in [0.05, 0.1) is 13.2 Å². The fourth-order valence-electron chi connectivity index (χ4n) is 3.04. The average Bonchev–Trinajstić information content (AvgIpc) is 3.09. The van der Waals surface area contributed by atoms with Crippen LogP contribution in [0.3, 0.4) is 0 Å². The maximum absolute atomic E-state index is 12.3. The van der Waals surface area contributed by atoms with Crippen LogP contribution in [-0.4, -0.2) is 29.0 Å². The molecule has 0 bridgehead atoms. The predicted octanol–water partition coefficient (Wildman–Crippen LogP) is 3.55. The van der Waals surface area contributed by atoms with Crippen molar-refractivity contribution in [2.75, 3.05) is 12.4 Å². The van der Waals surface area contributed by atoms with Crippen molar-refractivity contribution in [2.45, 2.75) is 26.3 Å². The first-order valence-electron chi connectivity index (χ1n) is 8.66. The van der Waals surface area contributed by atoms with Gasteiger partial charge in [0.1, 0.15) is 11.4 Å². The molecule has 0 aliphatic carbocycles. The van der Waals surface area contributed by atoms with Gasteiger partial charge in [-0.15, -0.1) is 0 Å². The molecule has 0 fully saturated rings. The molecule has 1 amide bonds. The zero-order chi connectivity index (χ0) is 18.7. The number of fused-ring (bicyclic) bond motifs is 1. The van der Waals surface area contributed by atoms with Crippen molar-refractivity contribution >= 4 is 22.6 Å². The second kappa shape index (κ2) is 7.58. The summed E-state index contributed by atoms with van der Waals surface area (Å²) in [5.74, 6) is 0.850. The molecule has 2 heterocycles. The van der Waals surface area contributed by atoms with E-state index in [1.54, 1.807) is 13.3 Å². The van der Waals surface area contributed by atoms with Crippen molar-refractivity contribution in [1.29, 1.82) is 0 Å². The number of H-pyrrole nitrogens is 1. The Bertz CT molecular complexity index is 917. The fraction of sp³-hybridized carbons (Fsp3) is 0.300. The molecule has 4 N–H and O–H groups in total. The Morgan fingerprint density at radius 2 is 2.08 bits per heavy atom. The second-order valence-electron chi connectivity index (χ2n) is 6.74. The molecule has 0 saturated heterocycles. The number of nitrogens with two attached hydrogens (primary N) is 1. The third-order valence-corrected chi connectivity index (χ3v) is 4.28. The van der Waals surface area contributed by atoms with Crippen molar-refractivity contribution < 1.29 is 9.53 Å². The highest BCUT2D eigenvalue weighted by Crippen LogP contribution is 2.35. The molecule has 6 nitrogen and oxygen atoms in total. The quantitative estimate of drug-likeness (QED) is 0.632. The highest BCUT2D eigenvalue weighted by atomic mass is 16.5. The lowest BCUT2D eigenvalue weighted by Crippen LogP contribution is -2.36. The number of aromatic amines is 1. The first-order valence-corrected chi connectivity index (χ1v) is 8.66. The van der Waals surface area contributed by atoms with Gasteiger partial charge in [0, 0.05) is 35.1 Å². The minimum absolute atomic E-state index is 0.189. The number of amides is 1. The fourth-order valence-corrected chi connectivity index (χ4v) is 3.04. The smallest absolute Gasteiger partial charge is 0.241 e. The van der Waals surface area contributed by atoms with Crippen LogP contribution >= 0.6 is 0 Å². The number of aromatic nitrogens is 2. The molecule has 0 unspecified atom stereocenters. The summed E-state index contributed by atoms with van der Waals surface area (Å²) in [6.45, 7) is 4.09. The summed E-state index contributed by atoms with van der Waals surface area (Å²) in [6.07, 6.45) is 4.26. The Kier molecular flexibility index (Phi) is 5.23. The zero-order valence-electron chi connectivity index (χ0n) is 15.2. The Balaban J connectivity index is 1.89. The Morgan fingerprint density at radius 3 is 2.81 bits per heavy atom. The number of carbonyl (C=O) groups excluding carboxylic acids is 1. The largest absolute Gasteiger partial charge is 0.496 e. The van der Waals surface area contributed by atoms with Crippen LogP contribution in [0.15, 0.2) is 42.7 Å². The summed E-state index contributed by atoms with van der Waals surface area (Å²) in [5.41, 5.74) is 9.39. The number of anilines is 1. The van der Waals surface area contributed by atoms with E-state index in [0.29, 0.717) is 23.8 Å². The summed E-state index contributed by atoms with van der Waals surface area (Å²) in [5, 5.41) is 3.89. The normalized spacial score (nSPS) is 12.3. The molecule has 1 aromatic carbocycles. The monoisotopic (exact) mass is 352 g/mol. The van der Waals surface area contributed by atoms with Crippen LogP contribution in [0.1, 0.15) is 20.3 Å². The van der Waals surface area contributed by atoms with Gasteiger partial charge in [-0.2, -0.15) is 0 Å². The molecule has 26 heavy (non-hydrogen) atoms. The first kappa shape index (κ1) is 17.9. The van der Waals surface area contributed by atoms with Gasteiger partial charge in [0.15, 0.2) is 0 Å². The van der Waals surface area contributed by atoms with Crippen LogP contribution in [0.5, 0.6) is 5.75 Å². The average molecular weight is 352 g/mol. The number of hydrogen-bond acceptors (Lipinski definition) is 4. The van der Waals surface area contributed by atoms with Crippen LogP contribution < -0.4 is 15.8 Å². The highest BCUT2D eigenvalue weighted by molar-refractivity contribution is 5.97. The standard InChI is InChI=1S/C20H24N4O2/c1-12(2)10-17(21)20(25)24-13-4-5-15(18(11-13)26-3)14-6-8-22-19-16(14)7-9-23-19/h4-9,11-12,17H,10,21H2,1-3H3,(H,22,23)(H,24,25)/t17-/m1/s1. The SMILES string of the molecule is COc1cc(NC(=O)[C@H](N)CC(C)C)ccc1-c1ccnc2[nH]ccc12. The second-order valence-corrected chi connectivity index (χ2v) is 6.74. The van der Waals surface area contributed by atoms with E-state index in [1.807, 2.05) is 50.4 Å². The third-order valence-electron chi connectivity index (χ3n) is 4.28. The van der Waals surface area contributed by atoms with E-state index in [-0.39, 0.29) is 5.91 Å². The van der Waals surface area contributed by atoms with Crippen LogP contribution in [0.25, 0.3) is 22.2 Å². The first-order chi connectivity index (χ1) is 12.5. The summed E-state index contributed by atoms with van der Waals surface area (Å²) < 4.78 is 5.56. The minimum atomic E-state index is -0.527. The topological polar surface area (TPSA) is 93.0 Å². The van der Waals surface area contributed by atoms with Gasteiger partial charge in [-0.05, 0) is 42.2 Å². The van der Waals surface area contributed by atoms with Crippen molar-refractivity contribution in [3.8, 4) is 16.9 Å². The van der Waals surface area contributed by atoms with Gasteiger partial charge in [-0.25, -0.2) is 4.98 Å². The van der Waals surface area contributed by atoms with E-state index in [2.05, 4.69) is 15.3 Å². The molecule has 0 aliphatic rings. The number of benzene rings is 1. The van der Waals surface area contributed by atoms with Crippen molar-refractivity contribution in [3.05, 3.63) is 42.7 Å². The third kappa shape index (κ3) is 3.70. The number of methoxy groups -OCH3 is 1. The Morgan fingerprint density at radius 1 is 1.27 bits per heavy atom. The van der Waals surface area contributed by atoms with Crippen molar-refractivity contribution in [3.63, 3.8) is 0 Å². The summed E-state index contributed by atoms with van der Waals surface area (Å²) in [7, 11) is 1.62. The summed E-state index contributed by atoms with van der Waals surface area (Å²) >= 11 is 0. The predicted molar refractivity (Wildman–Crippen MR) is 104 cm³/mol. The molecule has 3 rings (SSSR count). The molecule has 0 aliphatic heterocycles. The summed E-state index contributed by atoms with van der Waals surface area (Å²) in [4.78, 5) is 19.7. The number of ether oxygens (including phenoxy) is 1. The summed E-state index contributed by atoms with van der Waals surface area (Å²) in [6, 6.07) is 9.01. The Labute approximate surface area is 152 Å². The molecular weight excluding hydrogens is 328 g/mol. The van der Waals surface area contributed by atoms with Gasteiger partial charge >= 0.3 is 0 Å². The lowest BCUT2D eigenvalue weighted by atomic mass is 10.0. The molecule has 6 heteroatoms. The lowest BCUT2D eigenvalue weighted by molar-refractivity contribution is -0.117. The van der Waals surface area contributed by atoms with E-state index in [0.717, 1.165) is 22.2 Å². The number of carbonyl (C=O) groups is 1. The van der Waals surface area contributed by atoms with Gasteiger partial charge in [-0.3, -0.25) is 4.79 Å². The van der Waals surface area contributed by atoms with Crippen LogP contribution in [0, 0.1) is 5.92 Å². The number of nitrogens with one attached hydrogen (secondary N) is 2. The van der Waals surface area contributed by atoms with Crippen molar-refractivity contribution in [2.24, 2.45) is 11.7 Å². The molecular formula is C20H24N4O2. The number of pyridine rings is 1. The van der Waals surface area contributed by atoms with Gasteiger partial charge < -0.3 is 20.8 Å². The molecule has 136 valence electrons. The van der Waals surface area contributed by atoms with Gasteiger partial charge in [0.25, 0.3) is 0 Å². The van der Waals surface area contributed by atoms with E-state index >= 15 is 0 Å². The highest BCUT2D eigenvalue weighted by Gasteiger charge is 2.17. The molecule has 0 radical (unpaired) electrons. The maximum atomic E-state index is 12.3. The van der Waals surface area contributed by atoms with Crippen molar-refractivity contribution in [1.82, 2.24) is 9.97 Å².